The van der Waals surface area contributed by atoms with E-state index in [1.54, 1.807) is 11.3 Å². The summed E-state index contributed by atoms with van der Waals surface area (Å²) in [6, 6.07) is 12.1. The molecule has 0 saturated heterocycles. The quantitative estimate of drug-likeness (QED) is 0.834. The minimum atomic E-state index is 0.0554. The summed E-state index contributed by atoms with van der Waals surface area (Å²) in [7, 11) is 0. The summed E-state index contributed by atoms with van der Waals surface area (Å²) in [5, 5.41) is 6.23. The van der Waals surface area contributed by atoms with E-state index in [1.165, 1.54) is 4.88 Å². The van der Waals surface area contributed by atoms with E-state index in [2.05, 4.69) is 17.6 Å². The van der Waals surface area contributed by atoms with Crippen LogP contribution in [0.4, 0.5) is 5.69 Å². The number of carbonyl (C=O) groups excluding carboxylic acids is 1. The molecule has 0 radical (unpaired) electrons. The lowest BCUT2D eigenvalue weighted by Gasteiger charge is -2.14. The molecular weight excluding hydrogens is 304 g/mol. The number of anilines is 1. The van der Waals surface area contributed by atoms with E-state index in [-0.39, 0.29) is 11.9 Å². The number of hydrogen-bond acceptors (Lipinski definition) is 3. The number of thiophene rings is 1. The van der Waals surface area contributed by atoms with Crippen LogP contribution in [0, 0.1) is 0 Å². The SMILES string of the molecule is CCNC(=O)Cc1ccc(NC(C)c2ccc(Cl)s2)cc1. The van der Waals surface area contributed by atoms with Crippen LogP contribution in [-0.4, -0.2) is 12.5 Å². The van der Waals surface area contributed by atoms with Crippen molar-refractivity contribution < 1.29 is 4.79 Å². The molecule has 2 rings (SSSR count). The molecule has 2 N–H and O–H groups in total. The molecule has 1 unspecified atom stereocenters. The van der Waals surface area contributed by atoms with Gasteiger partial charge in [0.15, 0.2) is 0 Å². The van der Waals surface area contributed by atoms with Gasteiger partial charge in [0.1, 0.15) is 0 Å². The molecule has 1 amide bonds. The smallest absolute Gasteiger partial charge is 0.224 e. The van der Waals surface area contributed by atoms with Gasteiger partial charge in [-0.15, -0.1) is 11.3 Å². The van der Waals surface area contributed by atoms with Crippen LogP contribution < -0.4 is 10.6 Å². The van der Waals surface area contributed by atoms with Crippen molar-refractivity contribution in [3.05, 3.63) is 51.2 Å². The van der Waals surface area contributed by atoms with Crippen LogP contribution in [-0.2, 0) is 11.2 Å². The molecular formula is C16H19ClN2OS. The lowest BCUT2D eigenvalue weighted by molar-refractivity contribution is -0.120. The molecule has 0 bridgehead atoms. The van der Waals surface area contributed by atoms with E-state index in [0.717, 1.165) is 15.6 Å². The summed E-state index contributed by atoms with van der Waals surface area (Å²) in [6.45, 7) is 4.69. The van der Waals surface area contributed by atoms with Crippen molar-refractivity contribution in [3.8, 4) is 0 Å². The number of amides is 1. The summed E-state index contributed by atoms with van der Waals surface area (Å²) in [4.78, 5) is 12.7. The topological polar surface area (TPSA) is 41.1 Å². The molecule has 3 nitrogen and oxygen atoms in total. The van der Waals surface area contributed by atoms with Gasteiger partial charge in [-0.25, -0.2) is 0 Å². The first-order valence-electron chi connectivity index (χ1n) is 6.96. The number of likely N-dealkylation sites (N-methyl/N-ethyl adjacent to an activating group) is 1. The fraction of sp³-hybridized carbons (Fsp3) is 0.312. The van der Waals surface area contributed by atoms with E-state index >= 15 is 0 Å². The zero-order valence-electron chi connectivity index (χ0n) is 12.2. The van der Waals surface area contributed by atoms with Crippen molar-refractivity contribution in [2.75, 3.05) is 11.9 Å². The van der Waals surface area contributed by atoms with Crippen LogP contribution in [0.1, 0.15) is 30.3 Å². The average molecular weight is 323 g/mol. The van der Waals surface area contributed by atoms with E-state index in [4.69, 9.17) is 11.6 Å². The zero-order valence-corrected chi connectivity index (χ0v) is 13.7. The number of halogens is 1. The fourth-order valence-electron chi connectivity index (χ4n) is 2.05. The highest BCUT2D eigenvalue weighted by Crippen LogP contribution is 2.28. The number of rotatable bonds is 6. The first-order valence-corrected chi connectivity index (χ1v) is 8.15. The lowest BCUT2D eigenvalue weighted by Crippen LogP contribution is -2.24. The van der Waals surface area contributed by atoms with Gasteiger partial charge in [-0.05, 0) is 43.7 Å². The highest BCUT2D eigenvalue weighted by molar-refractivity contribution is 7.16. The van der Waals surface area contributed by atoms with Crippen LogP contribution in [0.2, 0.25) is 4.34 Å². The second kappa shape index (κ2) is 7.48. The maximum Gasteiger partial charge on any atom is 0.224 e. The summed E-state index contributed by atoms with van der Waals surface area (Å²) in [6.07, 6.45) is 0.421. The Kier molecular flexibility index (Phi) is 5.65. The Balaban J connectivity index is 1.94. The predicted molar refractivity (Wildman–Crippen MR) is 90.2 cm³/mol. The Morgan fingerprint density at radius 1 is 1.24 bits per heavy atom. The van der Waals surface area contributed by atoms with Crippen molar-refractivity contribution in [3.63, 3.8) is 0 Å². The third kappa shape index (κ3) is 4.76. The lowest BCUT2D eigenvalue weighted by atomic mass is 10.1. The van der Waals surface area contributed by atoms with Crippen molar-refractivity contribution in [2.24, 2.45) is 0 Å². The number of carbonyl (C=O) groups is 1. The molecule has 0 aliphatic heterocycles. The van der Waals surface area contributed by atoms with Gasteiger partial charge >= 0.3 is 0 Å². The van der Waals surface area contributed by atoms with Crippen LogP contribution in [0.25, 0.3) is 0 Å². The molecule has 0 aliphatic carbocycles. The molecule has 2 aromatic rings. The summed E-state index contributed by atoms with van der Waals surface area (Å²) >= 11 is 7.54. The minimum absolute atomic E-state index is 0.0554. The van der Waals surface area contributed by atoms with Gasteiger partial charge in [-0.1, -0.05) is 23.7 Å². The second-order valence-electron chi connectivity index (χ2n) is 4.84. The van der Waals surface area contributed by atoms with Crippen molar-refractivity contribution >= 4 is 34.5 Å². The maximum absolute atomic E-state index is 11.5. The van der Waals surface area contributed by atoms with Gasteiger partial charge in [0.25, 0.3) is 0 Å². The number of benzene rings is 1. The molecule has 5 heteroatoms. The van der Waals surface area contributed by atoms with Crippen molar-refractivity contribution in [2.45, 2.75) is 26.3 Å². The van der Waals surface area contributed by atoms with Gasteiger partial charge in [0.2, 0.25) is 5.91 Å². The summed E-state index contributed by atoms with van der Waals surface area (Å²) in [5.41, 5.74) is 2.05. The standard InChI is InChI=1S/C16H19ClN2OS/c1-3-18-16(20)10-12-4-6-13(7-5-12)19-11(2)14-8-9-15(17)21-14/h4-9,11,19H,3,10H2,1-2H3,(H,18,20). The summed E-state index contributed by atoms with van der Waals surface area (Å²) < 4.78 is 0.802. The van der Waals surface area contributed by atoms with Crippen molar-refractivity contribution in [1.29, 1.82) is 0 Å². The molecule has 1 aromatic carbocycles. The second-order valence-corrected chi connectivity index (χ2v) is 6.58. The van der Waals surface area contributed by atoms with E-state index < -0.39 is 0 Å². The van der Waals surface area contributed by atoms with Gasteiger partial charge in [-0.3, -0.25) is 4.79 Å². The average Bonchev–Trinajstić information content (AvgIpc) is 2.88. The molecule has 0 fully saturated rings. The predicted octanol–water partition coefficient (Wildman–Crippen LogP) is 4.25. The first-order chi connectivity index (χ1) is 10.1. The number of hydrogen-bond donors (Lipinski definition) is 2. The van der Waals surface area contributed by atoms with Gasteiger partial charge in [0, 0.05) is 17.1 Å². The van der Waals surface area contributed by atoms with Gasteiger partial charge in [-0.2, -0.15) is 0 Å². The van der Waals surface area contributed by atoms with Gasteiger partial charge in [0.05, 0.1) is 16.8 Å². The molecule has 0 aliphatic rings. The van der Waals surface area contributed by atoms with Crippen LogP contribution in [0.3, 0.4) is 0 Å². The van der Waals surface area contributed by atoms with Crippen LogP contribution in [0.15, 0.2) is 36.4 Å². The fourth-order valence-corrected chi connectivity index (χ4v) is 3.11. The van der Waals surface area contributed by atoms with E-state index in [9.17, 15) is 4.79 Å². The normalized spacial score (nSPS) is 12.0. The largest absolute Gasteiger partial charge is 0.378 e. The number of nitrogens with one attached hydrogen (secondary N) is 2. The Labute approximate surface area is 134 Å². The zero-order chi connectivity index (χ0) is 15.2. The molecule has 1 heterocycles. The molecule has 1 atom stereocenters. The molecule has 1 aromatic heterocycles. The molecule has 0 saturated carbocycles. The highest BCUT2D eigenvalue weighted by atomic mass is 35.5. The third-order valence-corrected chi connectivity index (χ3v) is 4.51. The highest BCUT2D eigenvalue weighted by Gasteiger charge is 2.08. The third-order valence-electron chi connectivity index (χ3n) is 3.10. The van der Waals surface area contributed by atoms with Crippen molar-refractivity contribution in [1.82, 2.24) is 5.32 Å². The molecule has 112 valence electrons. The Bertz CT molecular complexity index is 595. The monoisotopic (exact) mass is 322 g/mol. The van der Waals surface area contributed by atoms with Crippen LogP contribution >= 0.6 is 22.9 Å². The Hall–Kier alpha value is -1.52. The van der Waals surface area contributed by atoms with Crippen LogP contribution in [0.5, 0.6) is 0 Å². The van der Waals surface area contributed by atoms with Gasteiger partial charge < -0.3 is 10.6 Å². The first kappa shape index (κ1) is 15.9. The molecule has 21 heavy (non-hydrogen) atoms. The Morgan fingerprint density at radius 3 is 2.52 bits per heavy atom. The molecule has 0 spiro atoms. The minimum Gasteiger partial charge on any atom is -0.378 e. The summed E-state index contributed by atoms with van der Waals surface area (Å²) in [5.74, 6) is 0.0554. The van der Waals surface area contributed by atoms with E-state index in [0.29, 0.717) is 13.0 Å². The van der Waals surface area contributed by atoms with E-state index in [1.807, 2.05) is 43.3 Å². The maximum atomic E-state index is 11.5. The Morgan fingerprint density at radius 2 is 1.95 bits per heavy atom.